The maximum absolute atomic E-state index is 13.0. The zero-order valence-corrected chi connectivity index (χ0v) is 19.5. The van der Waals surface area contributed by atoms with Crippen LogP contribution in [0.2, 0.25) is 0 Å². The van der Waals surface area contributed by atoms with E-state index in [0.29, 0.717) is 11.1 Å². The maximum Gasteiger partial charge on any atom is 0.416 e. The number of alkyl halides is 3. The fourth-order valence-corrected chi connectivity index (χ4v) is 5.28. The van der Waals surface area contributed by atoms with Gasteiger partial charge in [0.2, 0.25) is 21.8 Å². The second-order valence-corrected chi connectivity index (χ2v) is 10.2. The van der Waals surface area contributed by atoms with Crippen LogP contribution in [0.1, 0.15) is 37.0 Å². The summed E-state index contributed by atoms with van der Waals surface area (Å²) in [4.78, 5) is 26.3. The topological polar surface area (TPSA) is 95.6 Å². The van der Waals surface area contributed by atoms with Crippen LogP contribution in [-0.2, 0) is 38.1 Å². The van der Waals surface area contributed by atoms with Crippen LogP contribution in [0.15, 0.2) is 48.5 Å². The SMILES string of the molecule is CC(C)NS(=O)(=O)Cc1ccccc1CNC(=O)C1CC(=O)N(c2cccc(C(F)(F)F)c2)C1. The minimum absolute atomic E-state index is 0.0414. The van der Waals surface area contributed by atoms with Gasteiger partial charge in [0.1, 0.15) is 0 Å². The van der Waals surface area contributed by atoms with E-state index in [4.69, 9.17) is 0 Å². The van der Waals surface area contributed by atoms with Crippen LogP contribution in [0.3, 0.4) is 0 Å². The highest BCUT2D eigenvalue weighted by atomic mass is 32.2. The molecule has 0 aliphatic carbocycles. The third kappa shape index (κ3) is 6.57. The van der Waals surface area contributed by atoms with Crippen molar-refractivity contribution in [1.29, 1.82) is 0 Å². The van der Waals surface area contributed by atoms with Crippen LogP contribution in [0.4, 0.5) is 18.9 Å². The standard InChI is InChI=1S/C23H26F3N3O4S/c1-15(2)28-34(32,33)14-17-7-4-3-6-16(17)12-27-22(31)18-10-21(30)29(13-18)20-9-5-8-19(11-20)23(24,25)26/h3-9,11,15,18,28H,10,12-14H2,1-2H3,(H,27,31). The number of nitrogens with zero attached hydrogens (tertiary/aromatic N) is 1. The molecule has 0 bridgehead atoms. The third-order valence-electron chi connectivity index (χ3n) is 5.31. The lowest BCUT2D eigenvalue weighted by Gasteiger charge is -2.18. The highest BCUT2D eigenvalue weighted by Gasteiger charge is 2.37. The van der Waals surface area contributed by atoms with Gasteiger partial charge in [-0.05, 0) is 43.2 Å². The van der Waals surface area contributed by atoms with Gasteiger partial charge >= 0.3 is 6.18 Å². The summed E-state index contributed by atoms with van der Waals surface area (Å²) in [5.41, 5.74) is 0.362. The number of amides is 2. The molecule has 2 amide bonds. The largest absolute Gasteiger partial charge is 0.416 e. The number of rotatable bonds is 8. The molecule has 1 aliphatic rings. The Morgan fingerprint density at radius 1 is 1.12 bits per heavy atom. The highest BCUT2D eigenvalue weighted by molar-refractivity contribution is 7.88. The monoisotopic (exact) mass is 497 g/mol. The fourth-order valence-electron chi connectivity index (χ4n) is 3.79. The normalized spacial score (nSPS) is 16.8. The van der Waals surface area contributed by atoms with E-state index >= 15 is 0 Å². The first-order valence-corrected chi connectivity index (χ1v) is 12.3. The first kappa shape index (κ1) is 25.7. The van der Waals surface area contributed by atoms with E-state index in [1.165, 1.54) is 17.0 Å². The number of carbonyl (C=O) groups is 2. The second kappa shape index (κ2) is 10.1. The molecule has 0 spiro atoms. The van der Waals surface area contributed by atoms with E-state index in [-0.39, 0.29) is 37.0 Å². The Kier molecular flexibility index (Phi) is 7.67. The molecule has 1 unspecified atom stereocenters. The van der Waals surface area contributed by atoms with Gasteiger partial charge in [-0.2, -0.15) is 13.2 Å². The van der Waals surface area contributed by atoms with E-state index in [1.807, 2.05) is 0 Å². The maximum atomic E-state index is 13.0. The van der Waals surface area contributed by atoms with Crippen molar-refractivity contribution in [2.75, 3.05) is 11.4 Å². The molecule has 0 saturated carbocycles. The molecule has 1 aliphatic heterocycles. The number of halogens is 3. The minimum Gasteiger partial charge on any atom is -0.352 e. The molecule has 0 radical (unpaired) electrons. The molecule has 0 aromatic heterocycles. The van der Waals surface area contributed by atoms with Gasteiger partial charge < -0.3 is 10.2 Å². The van der Waals surface area contributed by atoms with E-state index in [9.17, 15) is 31.2 Å². The first-order valence-electron chi connectivity index (χ1n) is 10.7. The van der Waals surface area contributed by atoms with Crippen molar-refractivity contribution in [3.8, 4) is 0 Å². The Labute approximate surface area is 196 Å². The average Bonchev–Trinajstić information content (AvgIpc) is 3.13. The predicted molar refractivity (Wildman–Crippen MR) is 121 cm³/mol. The van der Waals surface area contributed by atoms with E-state index in [0.717, 1.165) is 12.1 Å². The van der Waals surface area contributed by atoms with Crippen LogP contribution in [0, 0.1) is 5.92 Å². The van der Waals surface area contributed by atoms with Gasteiger partial charge in [-0.25, -0.2) is 13.1 Å². The summed E-state index contributed by atoms with van der Waals surface area (Å²) in [6.45, 7) is 3.45. The van der Waals surface area contributed by atoms with Gasteiger partial charge in [0, 0.05) is 31.2 Å². The zero-order valence-electron chi connectivity index (χ0n) is 18.7. The zero-order chi connectivity index (χ0) is 25.1. The molecule has 7 nitrogen and oxygen atoms in total. The molecule has 34 heavy (non-hydrogen) atoms. The minimum atomic E-state index is -4.54. The summed E-state index contributed by atoms with van der Waals surface area (Å²) < 4.78 is 66.1. The molecule has 1 saturated heterocycles. The molecule has 3 rings (SSSR count). The van der Waals surface area contributed by atoms with Gasteiger partial charge in [-0.3, -0.25) is 9.59 Å². The molecular formula is C23H26F3N3O4S. The van der Waals surface area contributed by atoms with Crippen LogP contribution in [-0.4, -0.2) is 32.8 Å². The van der Waals surface area contributed by atoms with Crippen LogP contribution in [0.5, 0.6) is 0 Å². The van der Waals surface area contributed by atoms with E-state index in [2.05, 4.69) is 10.0 Å². The number of hydrogen-bond acceptors (Lipinski definition) is 4. The summed E-state index contributed by atoms with van der Waals surface area (Å²) >= 11 is 0. The first-order chi connectivity index (χ1) is 15.9. The Bertz CT molecular complexity index is 1170. The Morgan fingerprint density at radius 3 is 2.44 bits per heavy atom. The fraction of sp³-hybridized carbons (Fsp3) is 0.391. The number of sulfonamides is 1. The smallest absolute Gasteiger partial charge is 0.352 e. The molecule has 11 heteroatoms. The van der Waals surface area contributed by atoms with Crippen LogP contribution in [0.25, 0.3) is 0 Å². The van der Waals surface area contributed by atoms with E-state index in [1.54, 1.807) is 38.1 Å². The number of nitrogens with one attached hydrogen (secondary N) is 2. The Balaban J connectivity index is 1.66. The van der Waals surface area contributed by atoms with Crippen molar-refractivity contribution in [3.63, 3.8) is 0 Å². The van der Waals surface area contributed by atoms with Crippen molar-refractivity contribution in [2.24, 2.45) is 5.92 Å². The molecule has 2 aromatic rings. The molecule has 1 fully saturated rings. The Morgan fingerprint density at radius 2 is 1.79 bits per heavy atom. The lowest BCUT2D eigenvalue weighted by atomic mass is 10.1. The van der Waals surface area contributed by atoms with Crippen molar-refractivity contribution in [3.05, 3.63) is 65.2 Å². The van der Waals surface area contributed by atoms with Crippen LogP contribution < -0.4 is 14.9 Å². The van der Waals surface area contributed by atoms with Gasteiger partial charge in [0.05, 0.1) is 17.2 Å². The summed E-state index contributed by atoms with van der Waals surface area (Å²) in [7, 11) is -3.56. The van der Waals surface area contributed by atoms with Gasteiger partial charge in [0.15, 0.2) is 0 Å². The van der Waals surface area contributed by atoms with Crippen molar-refractivity contribution >= 4 is 27.5 Å². The summed E-state index contributed by atoms with van der Waals surface area (Å²) in [5.74, 6) is -1.85. The van der Waals surface area contributed by atoms with Crippen molar-refractivity contribution in [2.45, 2.75) is 44.8 Å². The highest BCUT2D eigenvalue weighted by Crippen LogP contribution is 2.33. The summed E-state index contributed by atoms with van der Waals surface area (Å²) in [6.07, 6.45) is -4.67. The van der Waals surface area contributed by atoms with Crippen molar-refractivity contribution < 1.29 is 31.2 Å². The third-order valence-corrected chi connectivity index (χ3v) is 6.83. The lowest BCUT2D eigenvalue weighted by molar-refractivity contribution is -0.137. The van der Waals surface area contributed by atoms with Gasteiger partial charge in [0.25, 0.3) is 0 Å². The lowest BCUT2D eigenvalue weighted by Crippen LogP contribution is -2.33. The molecule has 2 aromatic carbocycles. The quantitative estimate of drug-likeness (QED) is 0.586. The number of carbonyl (C=O) groups excluding carboxylic acids is 2. The summed E-state index contributed by atoms with van der Waals surface area (Å²) in [6, 6.07) is 11.0. The van der Waals surface area contributed by atoms with E-state index < -0.39 is 39.5 Å². The summed E-state index contributed by atoms with van der Waals surface area (Å²) in [5, 5.41) is 2.72. The molecule has 1 heterocycles. The van der Waals surface area contributed by atoms with Gasteiger partial charge in [-0.15, -0.1) is 0 Å². The second-order valence-electron chi connectivity index (χ2n) is 8.47. The number of benzene rings is 2. The van der Waals surface area contributed by atoms with Crippen molar-refractivity contribution in [1.82, 2.24) is 10.0 Å². The van der Waals surface area contributed by atoms with Gasteiger partial charge in [-0.1, -0.05) is 30.3 Å². The number of hydrogen-bond donors (Lipinski definition) is 2. The number of anilines is 1. The predicted octanol–water partition coefficient (Wildman–Crippen LogP) is 3.20. The molecule has 2 N–H and O–H groups in total. The Hall–Kier alpha value is -2.92. The molecule has 184 valence electrons. The molecular weight excluding hydrogens is 471 g/mol. The molecule has 1 atom stereocenters. The van der Waals surface area contributed by atoms with Crippen LogP contribution >= 0.6 is 0 Å². The average molecular weight is 498 g/mol.